The third kappa shape index (κ3) is 5.26. The van der Waals surface area contributed by atoms with Crippen molar-refractivity contribution in [2.45, 2.75) is 38.7 Å². The third-order valence-corrected chi connectivity index (χ3v) is 4.45. The van der Waals surface area contributed by atoms with E-state index in [4.69, 9.17) is 11.5 Å². The van der Waals surface area contributed by atoms with Gasteiger partial charge in [0.2, 0.25) is 0 Å². The SMILES string of the molecule is CC(=O)OC1CC(C(=O)[O-])(C(=O)[O-])C1.NCC1CCC1CN.[Pt+2]. The molecular formula is C14H22N2O6Pt. The van der Waals surface area contributed by atoms with Crippen LogP contribution >= 0.6 is 0 Å². The number of nitrogens with two attached hydrogens (primary N) is 2. The molecule has 0 radical (unpaired) electrons. The summed E-state index contributed by atoms with van der Waals surface area (Å²) in [6.45, 7) is 2.84. The van der Waals surface area contributed by atoms with E-state index in [-0.39, 0.29) is 33.9 Å². The fraction of sp³-hybridized carbons (Fsp3) is 0.786. The minimum absolute atomic E-state index is 0. The summed E-state index contributed by atoms with van der Waals surface area (Å²) in [4.78, 5) is 31.5. The van der Waals surface area contributed by atoms with Gasteiger partial charge < -0.3 is 36.0 Å². The molecule has 0 aromatic rings. The number of carbonyl (C=O) groups is 3. The van der Waals surface area contributed by atoms with Gasteiger partial charge in [0.05, 0.1) is 17.4 Å². The second kappa shape index (κ2) is 9.35. The van der Waals surface area contributed by atoms with E-state index in [1.165, 1.54) is 12.8 Å². The minimum atomic E-state index is -1.99. The molecule has 9 heteroatoms. The number of carbonyl (C=O) groups excluding carboxylic acids is 3. The average Bonchev–Trinajstić information content (AvgIpc) is 2.32. The first-order valence-electron chi connectivity index (χ1n) is 7.27. The fourth-order valence-electron chi connectivity index (χ4n) is 2.71. The largest absolute Gasteiger partial charge is 2.00 e. The van der Waals surface area contributed by atoms with Gasteiger partial charge >= 0.3 is 27.0 Å². The van der Waals surface area contributed by atoms with Crippen LogP contribution in [0.3, 0.4) is 0 Å². The van der Waals surface area contributed by atoms with Crippen molar-refractivity contribution in [2.75, 3.05) is 13.1 Å². The van der Waals surface area contributed by atoms with Gasteiger partial charge in [-0.2, -0.15) is 0 Å². The third-order valence-electron chi connectivity index (χ3n) is 4.45. The molecule has 0 aromatic heterocycles. The van der Waals surface area contributed by atoms with Gasteiger partial charge in [-0.3, -0.25) is 4.79 Å². The normalized spacial score (nSPS) is 24.7. The molecule has 2 rings (SSSR count). The van der Waals surface area contributed by atoms with Crippen molar-refractivity contribution in [3.05, 3.63) is 0 Å². The summed E-state index contributed by atoms with van der Waals surface area (Å²) in [5.41, 5.74) is 8.90. The van der Waals surface area contributed by atoms with Crippen molar-refractivity contribution in [1.82, 2.24) is 0 Å². The molecule has 0 aromatic carbocycles. The maximum atomic E-state index is 10.5. The Balaban J connectivity index is 0.000000460. The van der Waals surface area contributed by atoms with Crippen LogP contribution in [0.4, 0.5) is 0 Å². The summed E-state index contributed by atoms with van der Waals surface area (Å²) in [5.74, 6) is -2.46. The van der Waals surface area contributed by atoms with Crippen LogP contribution in [0.2, 0.25) is 0 Å². The number of esters is 1. The Morgan fingerprint density at radius 3 is 1.65 bits per heavy atom. The van der Waals surface area contributed by atoms with Crippen LogP contribution in [0.5, 0.6) is 0 Å². The number of hydrogen-bond donors (Lipinski definition) is 2. The van der Waals surface area contributed by atoms with Crippen molar-refractivity contribution in [2.24, 2.45) is 28.7 Å². The van der Waals surface area contributed by atoms with E-state index >= 15 is 0 Å². The molecule has 0 aliphatic heterocycles. The van der Waals surface area contributed by atoms with Gasteiger partial charge in [-0.05, 0) is 37.8 Å². The molecule has 134 valence electrons. The molecule has 2 aliphatic rings. The number of carboxylic acids is 2. The number of rotatable bonds is 5. The van der Waals surface area contributed by atoms with Gasteiger partial charge in [0.15, 0.2) is 0 Å². The Morgan fingerprint density at radius 2 is 1.43 bits per heavy atom. The first-order valence-corrected chi connectivity index (χ1v) is 7.27. The molecule has 2 unspecified atom stereocenters. The van der Waals surface area contributed by atoms with E-state index in [2.05, 4.69) is 4.74 Å². The molecule has 2 fully saturated rings. The topological polar surface area (TPSA) is 159 Å². The zero-order chi connectivity index (χ0) is 16.9. The molecule has 8 nitrogen and oxygen atoms in total. The van der Waals surface area contributed by atoms with Crippen molar-refractivity contribution in [3.63, 3.8) is 0 Å². The molecule has 2 aliphatic carbocycles. The summed E-state index contributed by atoms with van der Waals surface area (Å²) in [7, 11) is 0. The van der Waals surface area contributed by atoms with Gasteiger partial charge in [-0.15, -0.1) is 0 Å². The van der Waals surface area contributed by atoms with E-state index in [9.17, 15) is 24.6 Å². The summed E-state index contributed by atoms with van der Waals surface area (Å²) in [5, 5.41) is 21.0. The second-order valence-electron chi connectivity index (χ2n) is 5.87. The van der Waals surface area contributed by atoms with Crippen LogP contribution in [0.25, 0.3) is 0 Å². The van der Waals surface area contributed by atoms with Crippen molar-refractivity contribution < 1.29 is 50.4 Å². The predicted octanol–water partition coefficient (Wildman–Crippen LogP) is -2.87. The van der Waals surface area contributed by atoms with Gasteiger partial charge in [0, 0.05) is 19.8 Å². The Labute approximate surface area is 149 Å². The van der Waals surface area contributed by atoms with E-state index in [1.54, 1.807) is 0 Å². The van der Waals surface area contributed by atoms with E-state index < -0.39 is 29.4 Å². The molecule has 0 spiro atoms. The molecule has 2 saturated carbocycles. The van der Waals surface area contributed by atoms with Crippen molar-refractivity contribution in [3.8, 4) is 0 Å². The van der Waals surface area contributed by atoms with Crippen LogP contribution in [0.15, 0.2) is 0 Å². The van der Waals surface area contributed by atoms with Crippen LogP contribution in [0, 0.1) is 17.3 Å². The molecule has 2 atom stereocenters. The Hall–Kier alpha value is -0.982. The zero-order valence-electron chi connectivity index (χ0n) is 12.9. The molecule has 0 amide bonds. The summed E-state index contributed by atoms with van der Waals surface area (Å²) in [6.07, 6.45) is 1.38. The van der Waals surface area contributed by atoms with Crippen molar-refractivity contribution >= 4 is 17.9 Å². The summed E-state index contributed by atoms with van der Waals surface area (Å²) in [6, 6.07) is 0. The minimum Gasteiger partial charge on any atom is -0.549 e. The van der Waals surface area contributed by atoms with Crippen molar-refractivity contribution in [1.29, 1.82) is 0 Å². The van der Waals surface area contributed by atoms with Crippen LogP contribution < -0.4 is 21.7 Å². The molecule has 0 saturated heterocycles. The van der Waals surface area contributed by atoms with Crippen LogP contribution in [0.1, 0.15) is 32.6 Å². The standard InChI is InChI=1S/C8H10O6.C6H14N2.Pt/c1-4(9)14-5-2-8(3-5,6(10)11)7(12)13;7-3-5-1-2-6(5)4-8;/h5H,2-3H2,1H3,(H,10,11)(H,12,13);5-6H,1-4,7-8H2;/q;;+2/p-2. The summed E-state index contributed by atoms with van der Waals surface area (Å²) < 4.78 is 4.62. The number of aliphatic carboxylic acids is 2. The maximum absolute atomic E-state index is 10.5. The number of hydrogen-bond acceptors (Lipinski definition) is 8. The van der Waals surface area contributed by atoms with E-state index in [0.29, 0.717) is 0 Å². The molecular weight excluding hydrogens is 487 g/mol. The summed E-state index contributed by atoms with van der Waals surface area (Å²) >= 11 is 0. The van der Waals surface area contributed by atoms with Gasteiger partial charge in [0.1, 0.15) is 6.10 Å². The van der Waals surface area contributed by atoms with Gasteiger partial charge in [-0.1, -0.05) is 0 Å². The van der Waals surface area contributed by atoms with Gasteiger partial charge in [-0.25, -0.2) is 0 Å². The van der Waals surface area contributed by atoms with E-state index in [1.807, 2.05) is 0 Å². The maximum Gasteiger partial charge on any atom is 2.00 e. The first kappa shape index (κ1) is 22.0. The molecule has 0 bridgehead atoms. The monoisotopic (exact) mass is 509 g/mol. The number of ether oxygens (including phenoxy) is 1. The predicted molar refractivity (Wildman–Crippen MR) is 71.6 cm³/mol. The van der Waals surface area contributed by atoms with Crippen LogP contribution in [-0.4, -0.2) is 37.1 Å². The zero-order valence-corrected chi connectivity index (χ0v) is 15.2. The second-order valence-corrected chi connectivity index (χ2v) is 5.87. The Kier molecular flexibility index (Phi) is 8.95. The fourth-order valence-corrected chi connectivity index (χ4v) is 2.71. The smallest absolute Gasteiger partial charge is 0.549 e. The van der Waals surface area contributed by atoms with Crippen LogP contribution in [-0.2, 0) is 40.2 Å². The molecule has 0 heterocycles. The Bertz CT molecular complexity index is 409. The number of carboxylic acid groups (broad SMARTS) is 2. The molecule has 4 N–H and O–H groups in total. The van der Waals surface area contributed by atoms with Gasteiger partial charge in [0.25, 0.3) is 0 Å². The average molecular weight is 509 g/mol. The first-order chi connectivity index (χ1) is 10.3. The quantitative estimate of drug-likeness (QED) is 0.296. The molecule has 23 heavy (non-hydrogen) atoms. The van der Waals surface area contributed by atoms with E-state index in [0.717, 1.165) is 31.8 Å². The Morgan fingerprint density at radius 1 is 1.04 bits per heavy atom.